The van der Waals surface area contributed by atoms with E-state index in [1.165, 1.54) is 6.21 Å². The first-order chi connectivity index (χ1) is 4.68. The van der Waals surface area contributed by atoms with Gasteiger partial charge in [0.05, 0.1) is 6.21 Å². The standard InChI is InChI=1S/C7H15NO2/c1-4-5-7(2,10-3)6-8-9/h6,9H,4-5H2,1-3H3/t7-/m0/s1. The Balaban J connectivity index is 3.94. The van der Waals surface area contributed by atoms with Gasteiger partial charge in [-0.05, 0) is 13.3 Å². The maximum atomic E-state index is 8.25. The first kappa shape index (κ1) is 9.43. The number of ether oxygens (including phenoxy) is 1. The Kier molecular flexibility index (Phi) is 4.03. The van der Waals surface area contributed by atoms with Crippen molar-refractivity contribution < 1.29 is 9.94 Å². The van der Waals surface area contributed by atoms with Crippen molar-refractivity contribution in [1.82, 2.24) is 0 Å². The minimum atomic E-state index is -0.399. The summed E-state index contributed by atoms with van der Waals surface area (Å²) < 4.78 is 5.11. The molecule has 0 amide bonds. The molecule has 3 heteroatoms. The van der Waals surface area contributed by atoms with Gasteiger partial charge in [0.2, 0.25) is 0 Å². The Bertz CT molecular complexity index is 114. The van der Waals surface area contributed by atoms with Gasteiger partial charge in [0, 0.05) is 7.11 Å². The van der Waals surface area contributed by atoms with Gasteiger partial charge in [-0.1, -0.05) is 18.5 Å². The van der Waals surface area contributed by atoms with Crippen molar-refractivity contribution in [3.8, 4) is 0 Å². The third-order valence-corrected chi connectivity index (χ3v) is 1.54. The minimum Gasteiger partial charge on any atom is -0.411 e. The molecule has 0 aliphatic rings. The quantitative estimate of drug-likeness (QED) is 0.371. The summed E-state index contributed by atoms with van der Waals surface area (Å²) in [5.41, 5.74) is -0.399. The highest BCUT2D eigenvalue weighted by Gasteiger charge is 2.19. The molecule has 10 heavy (non-hydrogen) atoms. The molecule has 0 aliphatic carbocycles. The second-order valence-electron chi connectivity index (χ2n) is 2.51. The topological polar surface area (TPSA) is 41.8 Å². The summed E-state index contributed by atoms with van der Waals surface area (Å²) in [4.78, 5) is 0. The number of rotatable bonds is 4. The summed E-state index contributed by atoms with van der Waals surface area (Å²) in [5, 5.41) is 11.2. The molecule has 0 rings (SSSR count). The molecule has 0 saturated heterocycles. The smallest absolute Gasteiger partial charge is 0.103 e. The van der Waals surface area contributed by atoms with Crippen LogP contribution < -0.4 is 0 Å². The lowest BCUT2D eigenvalue weighted by atomic mass is 10.0. The van der Waals surface area contributed by atoms with Crippen molar-refractivity contribution >= 4 is 6.21 Å². The van der Waals surface area contributed by atoms with Gasteiger partial charge in [-0.2, -0.15) is 0 Å². The normalized spacial score (nSPS) is 17.5. The predicted octanol–water partition coefficient (Wildman–Crippen LogP) is 1.65. The molecule has 0 fully saturated rings. The van der Waals surface area contributed by atoms with Gasteiger partial charge >= 0.3 is 0 Å². The Hall–Kier alpha value is -0.570. The Labute approximate surface area is 61.7 Å². The molecule has 0 bridgehead atoms. The summed E-state index contributed by atoms with van der Waals surface area (Å²) in [6, 6.07) is 0. The van der Waals surface area contributed by atoms with E-state index in [1.807, 2.05) is 6.92 Å². The first-order valence-electron chi connectivity index (χ1n) is 3.42. The maximum absolute atomic E-state index is 8.25. The Morgan fingerprint density at radius 1 is 1.70 bits per heavy atom. The maximum Gasteiger partial charge on any atom is 0.103 e. The molecular weight excluding hydrogens is 130 g/mol. The van der Waals surface area contributed by atoms with Crippen molar-refractivity contribution in [2.45, 2.75) is 32.3 Å². The van der Waals surface area contributed by atoms with Crippen LogP contribution in [0.3, 0.4) is 0 Å². The molecule has 3 nitrogen and oxygen atoms in total. The van der Waals surface area contributed by atoms with Crippen molar-refractivity contribution in [1.29, 1.82) is 0 Å². The highest BCUT2D eigenvalue weighted by molar-refractivity contribution is 5.67. The van der Waals surface area contributed by atoms with Crippen molar-refractivity contribution in [3.63, 3.8) is 0 Å². The van der Waals surface area contributed by atoms with E-state index < -0.39 is 5.60 Å². The van der Waals surface area contributed by atoms with E-state index >= 15 is 0 Å². The van der Waals surface area contributed by atoms with Gasteiger partial charge in [-0.25, -0.2) is 0 Å². The molecule has 0 unspecified atom stereocenters. The Morgan fingerprint density at radius 2 is 2.30 bits per heavy atom. The lowest BCUT2D eigenvalue weighted by Gasteiger charge is -2.21. The van der Waals surface area contributed by atoms with E-state index in [1.54, 1.807) is 7.11 Å². The van der Waals surface area contributed by atoms with E-state index in [2.05, 4.69) is 12.1 Å². The summed E-state index contributed by atoms with van der Waals surface area (Å²) in [6.07, 6.45) is 3.29. The molecule has 1 atom stereocenters. The second kappa shape index (κ2) is 4.28. The van der Waals surface area contributed by atoms with Crippen LogP contribution in [0.2, 0.25) is 0 Å². The van der Waals surface area contributed by atoms with E-state index in [0.717, 1.165) is 12.8 Å². The molecule has 0 aliphatic heterocycles. The SMILES string of the molecule is CCC[C@@](C)(C=NO)OC. The van der Waals surface area contributed by atoms with Gasteiger partial charge in [0.25, 0.3) is 0 Å². The van der Waals surface area contributed by atoms with Crippen LogP contribution in [-0.4, -0.2) is 24.1 Å². The monoisotopic (exact) mass is 145 g/mol. The van der Waals surface area contributed by atoms with Crippen LogP contribution >= 0.6 is 0 Å². The molecule has 0 aromatic carbocycles. The molecule has 0 heterocycles. The van der Waals surface area contributed by atoms with Crippen LogP contribution in [0.4, 0.5) is 0 Å². The number of methoxy groups -OCH3 is 1. The summed E-state index contributed by atoms with van der Waals surface area (Å²) in [6.45, 7) is 3.94. The van der Waals surface area contributed by atoms with Gasteiger partial charge in [-0.15, -0.1) is 0 Å². The highest BCUT2D eigenvalue weighted by Crippen LogP contribution is 2.13. The molecule has 0 spiro atoms. The molecule has 0 saturated carbocycles. The van der Waals surface area contributed by atoms with Crippen molar-refractivity contribution in [2.75, 3.05) is 7.11 Å². The number of nitrogens with zero attached hydrogens (tertiary/aromatic N) is 1. The summed E-state index contributed by atoms with van der Waals surface area (Å²) >= 11 is 0. The van der Waals surface area contributed by atoms with Crippen molar-refractivity contribution in [2.24, 2.45) is 5.16 Å². The zero-order chi connectivity index (χ0) is 8.04. The first-order valence-corrected chi connectivity index (χ1v) is 3.42. The fourth-order valence-electron chi connectivity index (χ4n) is 0.838. The fraction of sp³-hybridized carbons (Fsp3) is 0.857. The fourth-order valence-corrected chi connectivity index (χ4v) is 0.838. The van der Waals surface area contributed by atoms with E-state index in [-0.39, 0.29) is 0 Å². The van der Waals surface area contributed by atoms with Crippen LogP contribution in [0.15, 0.2) is 5.16 Å². The summed E-state index contributed by atoms with van der Waals surface area (Å²) in [7, 11) is 1.61. The van der Waals surface area contributed by atoms with Gasteiger partial charge < -0.3 is 9.94 Å². The average molecular weight is 145 g/mol. The number of oxime groups is 1. The minimum absolute atomic E-state index is 0.399. The number of hydrogen-bond donors (Lipinski definition) is 1. The molecule has 0 aromatic heterocycles. The van der Waals surface area contributed by atoms with Crippen LogP contribution in [0.25, 0.3) is 0 Å². The lowest BCUT2D eigenvalue weighted by Crippen LogP contribution is -2.28. The Morgan fingerprint density at radius 3 is 2.60 bits per heavy atom. The van der Waals surface area contributed by atoms with Gasteiger partial charge in [0.15, 0.2) is 0 Å². The average Bonchev–Trinajstić information content (AvgIpc) is 1.89. The molecule has 0 aromatic rings. The highest BCUT2D eigenvalue weighted by atomic mass is 16.5. The van der Waals surface area contributed by atoms with E-state index in [9.17, 15) is 0 Å². The largest absolute Gasteiger partial charge is 0.411 e. The third kappa shape index (κ3) is 2.82. The van der Waals surface area contributed by atoms with Crippen LogP contribution in [-0.2, 0) is 4.74 Å². The molecular formula is C7H15NO2. The zero-order valence-corrected chi connectivity index (χ0v) is 6.79. The molecule has 60 valence electrons. The second-order valence-corrected chi connectivity index (χ2v) is 2.51. The van der Waals surface area contributed by atoms with Gasteiger partial charge in [-0.3, -0.25) is 0 Å². The van der Waals surface area contributed by atoms with E-state index in [4.69, 9.17) is 9.94 Å². The van der Waals surface area contributed by atoms with Gasteiger partial charge in [0.1, 0.15) is 5.60 Å². The predicted molar refractivity (Wildman–Crippen MR) is 40.6 cm³/mol. The van der Waals surface area contributed by atoms with Crippen molar-refractivity contribution in [3.05, 3.63) is 0 Å². The van der Waals surface area contributed by atoms with Crippen LogP contribution in [0.5, 0.6) is 0 Å². The number of hydrogen-bond acceptors (Lipinski definition) is 3. The molecule has 1 N–H and O–H groups in total. The van der Waals surface area contributed by atoms with Crippen LogP contribution in [0, 0.1) is 0 Å². The molecule has 0 radical (unpaired) electrons. The lowest BCUT2D eigenvalue weighted by molar-refractivity contribution is 0.0600. The zero-order valence-electron chi connectivity index (χ0n) is 6.79. The summed E-state index contributed by atoms with van der Waals surface area (Å²) in [5.74, 6) is 0. The van der Waals surface area contributed by atoms with Crippen LogP contribution in [0.1, 0.15) is 26.7 Å². The third-order valence-electron chi connectivity index (χ3n) is 1.54. The van der Waals surface area contributed by atoms with E-state index in [0.29, 0.717) is 0 Å².